The van der Waals surface area contributed by atoms with E-state index in [1.165, 1.54) is 0 Å². The van der Waals surface area contributed by atoms with Gasteiger partial charge in [0.1, 0.15) is 17.6 Å². The van der Waals surface area contributed by atoms with Crippen LogP contribution < -0.4 is 19.5 Å². The molecular formula is C32H32N2O6. The molecule has 206 valence electrons. The minimum atomic E-state index is -0.199. The van der Waals surface area contributed by atoms with Gasteiger partial charge in [-0.3, -0.25) is 14.6 Å². The lowest BCUT2D eigenvalue weighted by molar-refractivity contribution is -0.148. The lowest BCUT2D eigenvalue weighted by Gasteiger charge is -2.14. The van der Waals surface area contributed by atoms with Crippen molar-refractivity contribution in [3.8, 4) is 23.0 Å². The largest absolute Gasteiger partial charge is 0.493 e. The smallest absolute Gasteiger partial charge is 0.306 e. The highest BCUT2D eigenvalue weighted by Crippen LogP contribution is 2.37. The van der Waals surface area contributed by atoms with E-state index >= 15 is 0 Å². The maximum Gasteiger partial charge on any atom is 0.306 e. The highest BCUT2D eigenvalue weighted by molar-refractivity contribution is 6.04. The molecule has 4 aromatic rings. The van der Waals surface area contributed by atoms with Crippen molar-refractivity contribution < 1.29 is 28.5 Å². The van der Waals surface area contributed by atoms with Crippen LogP contribution in [-0.2, 0) is 9.53 Å². The molecule has 8 nitrogen and oxygen atoms in total. The molecule has 0 radical (unpaired) electrons. The van der Waals surface area contributed by atoms with Gasteiger partial charge in [-0.05, 0) is 80.6 Å². The Kier molecular flexibility index (Phi) is 8.76. The third-order valence-corrected chi connectivity index (χ3v) is 6.75. The Morgan fingerprint density at radius 3 is 2.45 bits per heavy atom. The maximum absolute atomic E-state index is 12.5. The van der Waals surface area contributed by atoms with Crippen LogP contribution in [0, 0.1) is 0 Å². The van der Waals surface area contributed by atoms with E-state index in [4.69, 9.17) is 18.9 Å². The van der Waals surface area contributed by atoms with Crippen LogP contribution in [-0.4, -0.2) is 36.7 Å². The third kappa shape index (κ3) is 6.88. The summed E-state index contributed by atoms with van der Waals surface area (Å²) in [5.74, 6) is 1.87. The monoisotopic (exact) mass is 540 g/mol. The zero-order valence-corrected chi connectivity index (χ0v) is 22.4. The van der Waals surface area contributed by atoms with Gasteiger partial charge in [0, 0.05) is 35.3 Å². The first-order chi connectivity index (χ1) is 19.6. The minimum Gasteiger partial charge on any atom is -0.493 e. The Hall–Kier alpha value is -4.59. The van der Waals surface area contributed by atoms with Crippen molar-refractivity contribution >= 4 is 28.5 Å². The van der Waals surface area contributed by atoms with Gasteiger partial charge in [-0.2, -0.15) is 0 Å². The van der Waals surface area contributed by atoms with E-state index in [0.717, 1.165) is 36.8 Å². The summed E-state index contributed by atoms with van der Waals surface area (Å²) in [6.45, 7) is 0.349. The number of fused-ring (bicyclic) bond motifs is 1. The van der Waals surface area contributed by atoms with Crippen LogP contribution in [0.4, 0.5) is 5.69 Å². The molecule has 1 amide bonds. The summed E-state index contributed by atoms with van der Waals surface area (Å²) in [6.07, 6.45) is 6.78. The first-order valence-corrected chi connectivity index (χ1v) is 13.5. The quantitative estimate of drug-likeness (QED) is 0.163. The zero-order chi connectivity index (χ0) is 27.7. The standard InChI is InChI=1S/C32H32N2O6/c1-37-29-20-26-27(21-30(29)38-19-7-12-31(35)40-24-10-5-6-11-24)33-18-17-28(26)39-25-15-13-22(14-16-25)32(36)34-23-8-3-2-4-9-23/h2-4,8-9,13-18,20-21,24H,5-7,10-12,19H2,1H3,(H,34,36). The third-order valence-electron chi connectivity index (χ3n) is 6.75. The lowest BCUT2D eigenvalue weighted by Crippen LogP contribution is -2.15. The van der Waals surface area contributed by atoms with Crippen molar-refractivity contribution in [1.82, 2.24) is 4.98 Å². The van der Waals surface area contributed by atoms with Crippen LogP contribution in [0.1, 0.15) is 48.9 Å². The van der Waals surface area contributed by atoms with E-state index in [0.29, 0.717) is 53.5 Å². The Morgan fingerprint density at radius 2 is 1.70 bits per heavy atom. The van der Waals surface area contributed by atoms with Gasteiger partial charge in [0.2, 0.25) is 0 Å². The molecule has 1 aliphatic rings. The number of ether oxygens (including phenoxy) is 4. The fraction of sp³-hybridized carbons (Fsp3) is 0.281. The number of anilines is 1. The number of aromatic nitrogens is 1. The van der Waals surface area contributed by atoms with Gasteiger partial charge in [0.15, 0.2) is 11.5 Å². The number of hydrogen-bond acceptors (Lipinski definition) is 7. The van der Waals surface area contributed by atoms with Gasteiger partial charge >= 0.3 is 5.97 Å². The maximum atomic E-state index is 12.5. The molecule has 5 rings (SSSR count). The Labute approximate surface area is 233 Å². The summed E-state index contributed by atoms with van der Waals surface area (Å²) in [5.41, 5.74) is 1.93. The first kappa shape index (κ1) is 27.0. The molecule has 1 aromatic heterocycles. The van der Waals surface area contributed by atoms with E-state index in [-0.39, 0.29) is 18.0 Å². The Balaban J connectivity index is 1.21. The summed E-state index contributed by atoms with van der Waals surface area (Å²) in [4.78, 5) is 29.1. The predicted molar refractivity (Wildman–Crippen MR) is 152 cm³/mol. The van der Waals surface area contributed by atoms with Gasteiger partial charge < -0.3 is 24.3 Å². The Bertz CT molecular complexity index is 1450. The predicted octanol–water partition coefficient (Wildman–Crippen LogP) is 6.93. The van der Waals surface area contributed by atoms with E-state index in [9.17, 15) is 9.59 Å². The summed E-state index contributed by atoms with van der Waals surface area (Å²) < 4.78 is 23.2. The molecule has 0 unspecified atom stereocenters. The highest BCUT2D eigenvalue weighted by Gasteiger charge is 2.19. The second-order valence-electron chi connectivity index (χ2n) is 9.62. The molecule has 3 aromatic carbocycles. The van der Waals surface area contributed by atoms with Gasteiger partial charge in [0.05, 0.1) is 19.2 Å². The molecule has 0 aliphatic heterocycles. The number of para-hydroxylation sites is 1. The van der Waals surface area contributed by atoms with Crippen LogP contribution in [0.25, 0.3) is 10.9 Å². The number of hydrogen-bond donors (Lipinski definition) is 1. The minimum absolute atomic E-state index is 0.0774. The Morgan fingerprint density at radius 1 is 0.925 bits per heavy atom. The average Bonchev–Trinajstić information content (AvgIpc) is 3.49. The van der Waals surface area contributed by atoms with Crippen molar-refractivity contribution in [2.75, 3.05) is 19.0 Å². The number of pyridine rings is 1. The van der Waals surface area contributed by atoms with Crippen molar-refractivity contribution in [3.05, 3.63) is 84.6 Å². The molecule has 1 heterocycles. The molecule has 40 heavy (non-hydrogen) atoms. The SMILES string of the molecule is COc1cc2c(Oc3ccc(C(=O)Nc4ccccc4)cc3)ccnc2cc1OCCCC(=O)OC1CCCC1. The number of amides is 1. The molecule has 0 saturated heterocycles. The molecular weight excluding hydrogens is 508 g/mol. The molecule has 0 atom stereocenters. The van der Waals surface area contributed by atoms with E-state index < -0.39 is 0 Å². The topological polar surface area (TPSA) is 96.0 Å². The van der Waals surface area contributed by atoms with Crippen molar-refractivity contribution in [2.45, 2.75) is 44.6 Å². The second kappa shape index (κ2) is 13.0. The van der Waals surface area contributed by atoms with Crippen LogP contribution in [0.5, 0.6) is 23.0 Å². The average molecular weight is 541 g/mol. The second-order valence-corrected chi connectivity index (χ2v) is 9.62. The molecule has 0 bridgehead atoms. The highest BCUT2D eigenvalue weighted by atomic mass is 16.5. The number of rotatable bonds is 11. The van der Waals surface area contributed by atoms with Crippen molar-refractivity contribution in [1.29, 1.82) is 0 Å². The molecule has 1 saturated carbocycles. The number of nitrogens with zero attached hydrogens (tertiary/aromatic N) is 1. The summed E-state index contributed by atoms with van der Waals surface area (Å²) >= 11 is 0. The number of nitrogens with one attached hydrogen (secondary N) is 1. The summed E-state index contributed by atoms with van der Waals surface area (Å²) in [5, 5.41) is 3.62. The van der Waals surface area contributed by atoms with Crippen LogP contribution in [0.2, 0.25) is 0 Å². The van der Waals surface area contributed by atoms with E-state index in [1.807, 2.05) is 36.4 Å². The zero-order valence-electron chi connectivity index (χ0n) is 22.4. The van der Waals surface area contributed by atoms with Gasteiger partial charge in [0.25, 0.3) is 5.91 Å². The number of carbonyl (C=O) groups excluding carboxylic acids is 2. The van der Waals surface area contributed by atoms with E-state index in [1.54, 1.807) is 49.7 Å². The number of esters is 1. The normalized spacial score (nSPS) is 13.1. The summed E-state index contributed by atoms with van der Waals surface area (Å²) in [7, 11) is 1.57. The molecule has 0 spiro atoms. The fourth-order valence-electron chi connectivity index (χ4n) is 4.67. The summed E-state index contributed by atoms with van der Waals surface area (Å²) in [6, 6.07) is 21.6. The van der Waals surface area contributed by atoms with Crippen LogP contribution in [0.3, 0.4) is 0 Å². The van der Waals surface area contributed by atoms with Gasteiger partial charge in [-0.25, -0.2) is 0 Å². The number of benzene rings is 3. The molecule has 1 fully saturated rings. The molecule has 1 aliphatic carbocycles. The fourth-order valence-corrected chi connectivity index (χ4v) is 4.67. The molecule has 8 heteroatoms. The van der Waals surface area contributed by atoms with Gasteiger partial charge in [-0.15, -0.1) is 0 Å². The van der Waals surface area contributed by atoms with Crippen molar-refractivity contribution in [3.63, 3.8) is 0 Å². The molecule has 1 N–H and O–H groups in total. The van der Waals surface area contributed by atoms with E-state index in [2.05, 4.69) is 10.3 Å². The lowest BCUT2D eigenvalue weighted by atomic mass is 10.1. The van der Waals surface area contributed by atoms with Crippen molar-refractivity contribution in [2.24, 2.45) is 0 Å². The van der Waals surface area contributed by atoms with Crippen LogP contribution >= 0.6 is 0 Å². The number of methoxy groups -OCH3 is 1. The first-order valence-electron chi connectivity index (χ1n) is 13.5. The van der Waals surface area contributed by atoms with Crippen LogP contribution in [0.15, 0.2) is 79.0 Å². The number of carbonyl (C=O) groups is 2. The van der Waals surface area contributed by atoms with Gasteiger partial charge in [-0.1, -0.05) is 18.2 Å².